The maximum absolute atomic E-state index is 13.9. The summed E-state index contributed by atoms with van der Waals surface area (Å²) in [6.45, 7) is 5.33. The molecule has 0 spiro atoms. The van der Waals surface area contributed by atoms with Crippen molar-refractivity contribution in [3.05, 3.63) is 35.6 Å². The first-order valence-electron chi connectivity index (χ1n) is 6.51. The molecule has 1 aliphatic rings. The molecule has 2 nitrogen and oxygen atoms in total. The van der Waals surface area contributed by atoms with E-state index in [1.54, 1.807) is 12.1 Å². The molecule has 0 saturated carbocycles. The van der Waals surface area contributed by atoms with Gasteiger partial charge in [0.2, 0.25) is 0 Å². The third-order valence-electron chi connectivity index (χ3n) is 3.37. The fraction of sp³-hybridized carbons (Fsp3) is 0.571. The first-order chi connectivity index (χ1) is 8.58. The molecule has 2 atom stereocenters. The lowest BCUT2D eigenvalue weighted by molar-refractivity contribution is 0.236. The molecule has 0 unspecified atom stereocenters. The van der Waals surface area contributed by atoms with Crippen LogP contribution in [0.2, 0.25) is 0 Å². The molecule has 1 aromatic rings. The van der Waals surface area contributed by atoms with E-state index in [0.717, 1.165) is 24.9 Å². The molecule has 0 radical (unpaired) electrons. The second-order valence-electron chi connectivity index (χ2n) is 5.20. The Hall–Kier alpha value is -0.200. The molecule has 1 heterocycles. The van der Waals surface area contributed by atoms with Crippen LogP contribution in [0.25, 0.3) is 0 Å². The van der Waals surface area contributed by atoms with Gasteiger partial charge in [-0.3, -0.25) is 0 Å². The number of piperidine rings is 1. The monoisotopic (exact) mass is 362 g/mol. The Labute approximate surface area is 122 Å². The van der Waals surface area contributed by atoms with E-state index >= 15 is 0 Å². The highest BCUT2D eigenvalue weighted by Crippen LogP contribution is 2.34. The van der Waals surface area contributed by atoms with Crippen molar-refractivity contribution in [2.24, 2.45) is 0 Å². The van der Waals surface area contributed by atoms with Crippen LogP contribution < -0.4 is 5.32 Å². The van der Waals surface area contributed by atoms with Gasteiger partial charge in [0.25, 0.3) is 0 Å². The average Bonchev–Trinajstić information content (AvgIpc) is 2.32. The number of halogens is 2. The third-order valence-corrected chi connectivity index (χ3v) is 4.53. The second-order valence-corrected chi connectivity index (χ2v) is 6.44. The molecule has 1 aromatic carbocycles. The molecule has 0 bridgehead atoms. The zero-order valence-electron chi connectivity index (χ0n) is 10.9. The van der Waals surface area contributed by atoms with E-state index in [1.165, 1.54) is 0 Å². The molecule has 4 heteroatoms. The van der Waals surface area contributed by atoms with Crippen molar-refractivity contribution < 1.29 is 4.39 Å². The summed E-state index contributed by atoms with van der Waals surface area (Å²) in [5.41, 5.74) is 0.821. The standard InChI is InChI=1S/C14H20FIN2/c1-10(2)17-11-7-8-18(16)14(9-11)12-5-3-4-6-13(12)15/h3-6,10-11,14,17H,7-9H2,1-2H3/t11-,14+/m1/s1. The Balaban J connectivity index is 2.13. The number of rotatable bonds is 3. The maximum Gasteiger partial charge on any atom is 0.128 e. The van der Waals surface area contributed by atoms with Gasteiger partial charge in [0.05, 0.1) is 0 Å². The molecule has 18 heavy (non-hydrogen) atoms. The van der Waals surface area contributed by atoms with Crippen LogP contribution in [-0.2, 0) is 0 Å². The molecular weight excluding hydrogens is 342 g/mol. The molecular formula is C14H20FIN2. The first-order valence-corrected chi connectivity index (χ1v) is 7.47. The van der Waals surface area contributed by atoms with E-state index in [2.05, 4.69) is 45.1 Å². The van der Waals surface area contributed by atoms with Gasteiger partial charge >= 0.3 is 0 Å². The van der Waals surface area contributed by atoms with Crippen molar-refractivity contribution in [1.82, 2.24) is 8.43 Å². The lowest BCUT2D eigenvalue weighted by Crippen LogP contribution is -2.43. The lowest BCUT2D eigenvalue weighted by atomic mass is 9.93. The number of nitrogens with zero attached hydrogens (tertiary/aromatic N) is 1. The Kier molecular flexibility index (Phi) is 4.98. The van der Waals surface area contributed by atoms with Crippen LogP contribution in [0.4, 0.5) is 4.39 Å². The molecule has 100 valence electrons. The van der Waals surface area contributed by atoms with Gasteiger partial charge in [0.1, 0.15) is 5.82 Å². The van der Waals surface area contributed by atoms with E-state index in [9.17, 15) is 4.39 Å². The highest BCUT2D eigenvalue weighted by Gasteiger charge is 2.29. The maximum atomic E-state index is 13.9. The number of hydrogen-bond acceptors (Lipinski definition) is 2. The first kappa shape index (κ1) is 14.2. The van der Waals surface area contributed by atoms with Gasteiger partial charge in [-0.1, -0.05) is 32.0 Å². The smallest absolute Gasteiger partial charge is 0.128 e. The molecule has 1 saturated heterocycles. The van der Waals surface area contributed by atoms with Crippen molar-refractivity contribution in [3.63, 3.8) is 0 Å². The lowest BCUT2D eigenvalue weighted by Gasteiger charge is -2.37. The largest absolute Gasteiger partial charge is 0.312 e. The predicted molar refractivity (Wildman–Crippen MR) is 81.2 cm³/mol. The van der Waals surface area contributed by atoms with Gasteiger partial charge in [0, 0.05) is 53.1 Å². The zero-order valence-corrected chi connectivity index (χ0v) is 13.0. The van der Waals surface area contributed by atoms with Crippen LogP contribution in [-0.4, -0.2) is 21.7 Å². The summed E-state index contributed by atoms with van der Waals surface area (Å²) in [5, 5.41) is 3.57. The molecule has 1 aliphatic heterocycles. The molecule has 1 N–H and O–H groups in total. The highest BCUT2D eigenvalue weighted by molar-refractivity contribution is 14.1. The van der Waals surface area contributed by atoms with Gasteiger partial charge in [-0.25, -0.2) is 7.50 Å². The minimum Gasteiger partial charge on any atom is -0.312 e. The van der Waals surface area contributed by atoms with Gasteiger partial charge in [-0.15, -0.1) is 0 Å². The van der Waals surface area contributed by atoms with Crippen LogP contribution >= 0.6 is 22.9 Å². The number of nitrogens with one attached hydrogen (secondary N) is 1. The summed E-state index contributed by atoms with van der Waals surface area (Å²) >= 11 is 2.32. The summed E-state index contributed by atoms with van der Waals surface area (Å²) in [7, 11) is 0. The minimum atomic E-state index is -0.0886. The van der Waals surface area contributed by atoms with E-state index in [0.29, 0.717) is 12.1 Å². The Morgan fingerprint density at radius 2 is 2.11 bits per heavy atom. The van der Waals surface area contributed by atoms with Crippen LogP contribution in [0.15, 0.2) is 24.3 Å². The van der Waals surface area contributed by atoms with Crippen molar-refractivity contribution in [2.45, 2.75) is 44.8 Å². The Morgan fingerprint density at radius 1 is 1.39 bits per heavy atom. The summed E-state index contributed by atoms with van der Waals surface area (Å²) < 4.78 is 16.1. The van der Waals surface area contributed by atoms with E-state index in [-0.39, 0.29) is 11.9 Å². The van der Waals surface area contributed by atoms with Crippen LogP contribution in [0, 0.1) is 5.82 Å². The number of hydrogen-bond donors (Lipinski definition) is 1. The fourth-order valence-electron chi connectivity index (χ4n) is 2.58. The molecule has 0 aliphatic carbocycles. The van der Waals surface area contributed by atoms with Gasteiger partial charge < -0.3 is 5.32 Å². The van der Waals surface area contributed by atoms with E-state index < -0.39 is 0 Å². The third kappa shape index (κ3) is 3.42. The van der Waals surface area contributed by atoms with Crippen LogP contribution in [0.1, 0.15) is 38.3 Å². The average molecular weight is 362 g/mol. The summed E-state index contributed by atoms with van der Waals surface area (Å²) in [5.74, 6) is -0.0886. The molecule has 2 rings (SSSR count). The van der Waals surface area contributed by atoms with Gasteiger partial charge in [-0.2, -0.15) is 0 Å². The molecule has 0 aromatic heterocycles. The van der Waals surface area contributed by atoms with Crippen molar-refractivity contribution in [1.29, 1.82) is 0 Å². The minimum absolute atomic E-state index is 0.0886. The number of benzene rings is 1. The van der Waals surface area contributed by atoms with Gasteiger partial charge in [0.15, 0.2) is 0 Å². The molecule has 1 fully saturated rings. The van der Waals surface area contributed by atoms with Crippen molar-refractivity contribution in [2.75, 3.05) is 6.54 Å². The molecule has 0 amide bonds. The van der Waals surface area contributed by atoms with Crippen LogP contribution in [0.3, 0.4) is 0 Å². The Bertz CT molecular complexity index is 397. The summed E-state index contributed by atoms with van der Waals surface area (Å²) in [6.07, 6.45) is 2.11. The quantitative estimate of drug-likeness (QED) is 0.652. The Morgan fingerprint density at radius 3 is 2.78 bits per heavy atom. The van der Waals surface area contributed by atoms with E-state index in [4.69, 9.17) is 0 Å². The summed E-state index contributed by atoms with van der Waals surface area (Å²) in [6, 6.07) is 8.28. The van der Waals surface area contributed by atoms with Crippen molar-refractivity contribution >= 4 is 22.9 Å². The second kappa shape index (κ2) is 6.30. The van der Waals surface area contributed by atoms with Crippen LogP contribution in [0.5, 0.6) is 0 Å². The van der Waals surface area contributed by atoms with Gasteiger partial charge in [-0.05, 0) is 18.9 Å². The normalized spacial score (nSPS) is 25.6. The summed E-state index contributed by atoms with van der Waals surface area (Å²) in [4.78, 5) is 0. The van der Waals surface area contributed by atoms with E-state index in [1.807, 2.05) is 12.1 Å². The predicted octanol–water partition coefficient (Wildman–Crippen LogP) is 3.68. The topological polar surface area (TPSA) is 15.3 Å². The van der Waals surface area contributed by atoms with Crippen molar-refractivity contribution in [3.8, 4) is 0 Å². The highest BCUT2D eigenvalue weighted by atomic mass is 127. The SMILES string of the molecule is CC(C)N[C@@H]1CCN(I)[C@H](c2ccccc2F)C1. The zero-order chi connectivity index (χ0) is 13.1. The fourth-order valence-corrected chi connectivity index (χ4v) is 3.39.